The molecule has 0 heterocycles. The third kappa shape index (κ3) is 3.00. The topological polar surface area (TPSA) is 78.7 Å². The number of rotatable bonds is 4. The maximum atomic E-state index is 11.5. The molecule has 0 fully saturated rings. The minimum atomic E-state index is -0.615. The molecule has 21 heavy (non-hydrogen) atoms. The zero-order valence-electron chi connectivity index (χ0n) is 11.5. The Hall–Kier alpha value is -2.89. The smallest absolute Gasteiger partial charge is 0.338 e. The Kier molecular flexibility index (Phi) is 4.18. The quantitative estimate of drug-likeness (QED) is 0.490. The molecule has 6 nitrogen and oxygen atoms in total. The number of hydrogen-bond donors (Lipinski definition) is 0. The second-order valence-corrected chi connectivity index (χ2v) is 4.21. The molecule has 0 amide bonds. The minimum Gasteiger partial charge on any atom is -0.497 e. The van der Waals surface area contributed by atoms with Crippen molar-refractivity contribution in [3.8, 4) is 16.9 Å². The summed E-state index contributed by atoms with van der Waals surface area (Å²) in [5, 5.41) is 11.2. The molecular formula is C15H13NO5. The molecule has 0 saturated carbocycles. The average molecular weight is 287 g/mol. The molecule has 0 radical (unpaired) electrons. The fourth-order valence-electron chi connectivity index (χ4n) is 1.96. The summed E-state index contributed by atoms with van der Waals surface area (Å²) in [6.45, 7) is 0. The van der Waals surface area contributed by atoms with Gasteiger partial charge in [0.15, 0.2) is 0 Å². The zero-order valence-corrected chi connectivity index (χ0v) is 11.5. The van der Waals surface area contributed by atoms with Gasteiger partial charge in [-0.25, -0.2) is 4.79 Å². The fraction of sp³-hybridized carbons (Fsp3) is 0.133. The van der Waals surface area contributed by atoms with E-state index in [4.69, 9.17) is 4.74 Å². The highest BCUT2D eigenvalue weighted by Gasteiger charge is 2.19. The first-order valence-corrected chi connectivity index (χ1v) is 6.08. The molecule has 0 saturated heterocycles. The molecule has 108 valence electrons. The number of methoxy groups -OCH3 is 2. The number of esters is 1. The van der Waals surface area contributed by atoms with E-state index < -0.39 is 10.9 Å². The van der Waals surface area contributed by atoms with Crippen LogP contribution in [0.4, 0.5) is 5.69 Å². The van der Waals surface area contributed by atoms with E-state index in [9.17, 15) is 14.9 Å². The molecule has 2 aromatic carbocycles. The van der Waals surface area contributed by atoms with Gasteiger partial charge in [-0.15, -0.1) is 0 Å². The van der Waals surface area contributed by atoms with Gasteiger partial charge in [0.2, 0.25) is 0 Å². The van der Waals surface area contributed by atoms with Gasteiger partial charge in [0.1, 0.15) is 5.75 Å². The maximum absolute atomic E-state index is 11.5. The highest BCUT2D eigenvalue weighted by molar-refractivity contribution is 5.92. The molecule has 6 heteroatoms. The number of nitrogens with zero attached hydrogens (tertiary/aromatic N) is 1. The Morgan fingerprint density at radius 3 is 2.52 bits per heavy atom. The van der Waals surface area contributed by atoms with Crippen molar-refractivity contribution in [2.75, 3.05) is 14.2 Å². The van der Waals surface area contributed by atoms with Gasteiger partial charge < -0.3 is 9.47 Å². The van der Waals surface area contributed by atoms with Crippen LogP contribution in [0.5, 0.6) is 5.75 Å². The second-order valence-electron chi connectivity index (χ2n) is 4.21. The van der Waals surface area contributed by atoms with Crippen molar-refractivity contribution in [2.45, 2.75) is 0 Å². The van der Waals surface area contributed by atoms with Crippen LogP contribution in [-0.2, 0) is 4.74 Å². The maximum Gasteiger partial charge on any atom is 0.338 e. The van der Waals surface area contributed by atoms with E-state index in [1.54, 1.807) is 24.3 Å². The molecule has 0 aliphatic rings. The summed E-state index contributed by atoms with van der Waals surface area (Å²) in [5.41, 5.74) is 1.02. The van der Waals surface area contributed by atoms with Crippen LogP contribution in [0, 0.1) is 10.1 Å². The molecule has 0 aromatic heterocycles. The number of hydrogen-bond acceptors (Lipinski definition) is 5. The predicted octanol–water partition coefficient (Wildman–Crippen LogP) is 3.06. The molecule has 0 atom stereocenters. The molecular weight excluding hydrogens is 274 g/mol. The van der Waals surface area contributed by atoms with Crippen molar-refractivity contribution in [2.24, 2.45) is 0 Å². The van der Waals surface area contributed by atoms with Gasteiger partial charge >= 0.3 is 5.97 Å². The standard InChI is InChI=1S/C15H13NO5/c1-20-12-5-3-4-10(8-12)13-7-6-11(15(17)21-2)9-14(13)16(18)19/h3-9H,1-2H3. The van der Waals surface area contributed by atoms with E-state index >= 15 is 0 Å². The highest BCUT2D eigenvalue weighted by atomic mass is 16.6. The summed E-state index contributed by atoms with van der Waals surface area (Å²) < 4.78 is 9.68. The molecule has 0 aliphatic carbocycles. The van der Waals surface area contributed by atoms with Crippen LogP contribution in [0.2, 0.25) is 0 Å². The molecule has 2 aromatic rings. The van der Waals surface area contributed by atoms with E-state index in [-0.39, 0.29) is 11.3 Å². The normalized spacial score (nSPS) is 10.0. The summed E-state index contributed by atoms with van der Waals surface area (Å²) in [6, 6.07) is 11.2. The molecule has 0 spiro atoms. The van der Waals surface area contributed by atoms with Crippen LogP contribution in [0.15, 0.2) is 42.5 Å². The van der Waals surface area contributed by atoms with Gasteiger partial charge in [0.05, 0.1) is 30.3 Å². The van der Waals surface area contributed by atoms with Gasteiger partial charge in [0, 0.05) is 6.07 Å². The van der Waals surface area contributed by atoms with Gasteiger partial charge in [-0.3, -0.25) is 10.1 Å². The Labute approximate surface area is 121 Å². The lowest BCUT2D eigenvalue weighted by Gasteiger charge is -2.07. The highest BCUT2D eigenvalue weighted by Crippen LogP contribution is 2.32. The molecule has 0 aliphatic heterocycles. The Morgan fingerprint density at radius 2 is 1.90 bits per heavy atom. The van der Waals surface area contributed by atoms with Crippen LogP contribution < -0.4 is 4.74 Å². The molecule has 2 rings (SSSR count). The van der Waals surface area contributed by atoms with Crippen LogP contribution in [0.1, 0.15) is 10.4 Å². The van der Waals surface area contributed by atoms with Crippen LogP contribution >= 0.6 is 0 Å². The van der Waals surface area contributed by atoms with Crippen molar-refractivity contribution in [3.63, 3.8) is 0 Å². The van der Waals surface area contributed by atoms with E-state index in [0.717, 1.165) is 0 Å². The molecule has 0 bridgehead atoms. The summed E-state index contributed by atoms with van der Waals surface area (Å²) in [4.78, 5) is 22.2. The minimum absolute atomic E-state index is 0.135. The predicted molar refractivity (Wildman–Crippen MR) is 76.4 cm³/mol. The summed E-state index contributed by atoms with van der Waals surface area (Å²) >= 11 is 0. The van der Waals surface area contributed by atoms with Gasteiger partial charge in [-0.05, 0) is 29.8 Å². The van der Waals surface area contributed by atoms with Crippen molar-refractivity contribution in [1.82, 2.24) is 0 Å². The van der Waals surface area contributed by atoms with E-state index in [0.29, 0.717) is 16.9 Å². The average Bonchev–Trinajstić information content (AvgIpc) is 2.53. The number of nitro groups is 1. The number of carbonyl (C=O) groups is 1. The van der Waals surface area contributed by atoms with Crippen molar-refractivity contribution >= 4 is 11.7 Å². The Balaban J connectivity index is 2.57. The Morgan fingerprint density at radius 1 is 1.14 bits per heavy atom. The van der Waals surface area contributed by atoms with E-state index in [1.165, 1.54) is 32.4 Å². The monoisotopic (exact) mass is 287 g/mol. The molecule has 0 unspecified atom stereocenters. The third-order valence-corrected chi connectivity index (χ3v) is 3.00. The van der Waals surface area contributed by atoms with Crippen LogP contribution in [-0.4, -0.2) is 25.1 Å². The fourth-order valence-corrected chi connectivity index (χ4v) is 1.96. The number of benzene rings is 2. The van der Waals surface area contributed by atoms with Gasteiger partial charge in [0.25, 0.3) is 5.69 Å². The van der Waals surface area contributed by atoms with E-state index in [2.05, 4.69) is 4.74 Å². The summed E-state index contributed by atoms with van der Waals surface area (Å²) in [7, 11) is 2.75. The van der Waals surface area contributed by atoms with Crippen LogP contribution in [0.25, 0.3) is 11.1 Å². The summed E-state index contributed by atoms with van der Waals surface area (Å²) in [6.07, 6.45) is 0. The number of ether oxygens (including phenoxy) is 2. The van der Waals surface area contributed by atoms with Crippen molar-refractivity contribution in [1.29, 1.82) is 0 Å². The first kappa shape index (κ1) is 14.5. The van der Waals surface area contributed by atoms with Crippen LogP contribution in [0.3, 0.4) is 0 Å². The van der Waals surface area contributed by atoms with Gasteiger partial charge in [-0.2, -0.15) is 0 Å². The van der Waals surface area contributed by atoms with Crippen molar-refractivity contribution in [3.05, 3.63) is 58.1 Å². The first-order valence-electron chi connectivity index (χ1n) is 6.08. The Bertz CT molecular complexity index is 696. The van der Waals surface area contributed by atoms with Crippen molar-refractivity contribution < 1.29 is 19.2 Å². The first-order chi connectivity index (χ1) is 10.1. The number of carbonyl (C=O) groups excluding carboxylic acids is 1. The largest absolute Gasteiger partial charge is 0.497 e. The second kappa shape index (κ2) is 6.04. The third-order valence-electron chi connectivity index (χ3n) is 3.00. The lowest BCUT2D eigenvalue weighted by atomic mass is 10.0. The van der Waals surface area contributed by atoms with Gasteiger partial charge in [-0.1, -0.05) is 12.1 Å². The lowest BCUT2D eigenvalue weighted by molar-refractivity contribution is -0.384. The van der Waals surface area contributed by atoms with E-state index in [1.807, 2.05) is 0 Å². The zero-order chi connectivity index (χ0) is 15.4. The molecule has 0 N–H and O–H groups in total. The number of nitro benzene ring substituents is 1. The SMILES string of the molecule is COC(=O)c1ccc(-c2cccc(OC)c2)c([N+](=O)[O-])c1. The lowest BCUT2D eigenvalue weighted by Crippen LogP contribution is -2.03. The summed E-state index contributed by atoms with van der Waals surface area (Å²) in [5.74, 6) is -0.0193.